The molecule has 1 unspecified atom stereocenters. The van der Waals surface area contributed by atoms with Crippen molar-refractivity contribution in [2.24, 2.45) is 5.73 Å². The van der Waals surface area contributed by atoms with E-state index in [1.54, 1.807) is 0 Å². The second kappa shape index (κ2) is 8.26. The van der Waals surface area contributed by atoms with Crippen LogP contribution in [0.4, 0.5) is 0 Å². The van der Waals surface area contributed by atoms with Gasteiger partial charge in [0.15, 0.2) is 0 Å². The summed E-state index contributed by atoms with van der Waals surface area (Å²) in [5.74, 6) is 0. The molecule has 0 spiro atoms. The van der Waals surface area contributed by atoms with Crippen molar-refractivity contribution >= 4 is 0 Å². The number of likely N-dealkylation sites (N-methyl/N-ethyl adjacent to an activating group) is 1. The topological polar surface area (TPSA) is 29.3 Å². The van der Waals surface area contributed by atoms with Crippen LogP contribution in [-0.4, -0.2) is 31.1 Å². The third kappa shape index (κ3) is 6.44. The Morgan fingerprint density at radius 1 is 1.24 bits per heavy atom. The second-order valence-electron chi connectivity index (χ2n) is 4.90. The molecule has 96 valence electrons. The zero-order valence-corrected chi connectivity index (χ0v) is 11.2. The highest BCUT2D eigenvalue weighted by Gasteiger charge is 2.06. The number of rotatable bonds is 8. The van der Waals surface area contributed by atoms with E-state index in [9.17, 15) is 0 Å². The fourth-order valence-electron chi connectivity index (χ4n) is 2.01. The van der Waals surface area contributed by atoms with Crippen molar-refractivity contribution in [1.82, 2.24) is 4.90 Å². The van der Waals surface area contributed by atoms with Crippen LogP contribution in [-0.2, 0) is 6.42 Å². The minimum Gasteiger partial charge on any atom is -0.327 e. The molecule has 0 aliphatic rings. The van der Waals surface area contributed by atoms with Gasteiger partial charge in [-0.05, 0) is 25.5 Å². The van der Waals surface area contributed by atoms with E-state index in [4.69, 9.17) is 5.73 Å². The summed E-state index contributed by atoms with van der Waals surface area (Å²) in [6.45, 7) is 4.31. The minimum atomic E-state index is 0.329. The average molecular weight is 234 g/mol. The molecule has 0 fully saturated rings. The largest absolute Gasteiger partial charge is 0.327 e. The van der Waals surface area contributed by atoms with Crippen LogP contribution < -0.4 is 5.73 Å². The third-order valence-corrected chi connectivity index (χ3v) is 3.10. The van der Waals surface area contributed by atoms with Crippen LogP contribution >= 0.6 is 0 Å². The summed E-state index contributed by atoms with van der Waals surface area (Å²) in [6.07, 6.45) is 4.74. The molecule has 0 saturated carbocycles. The van der Waals surface area contributed by atoms with Gasteiger partial charge in [0.2, 0.25) is 0 Å². The molecule has 0 radical (unpaired) electrons. The molecule has 1 aromatic rings. The number of nitrogens with zero attached hydrogens (tertiary/aromatic N) is 1. The summed E-state index contributed by atoms with van der Waals surface area (Å²) in [7, 11) is 2.16. The van der Waals surface area contributed by atoms with Gasteiger partial charge in [0.05, 0.1) is 0 Å². The van der Waals surface area contributed by atoms with E-state index in [0.29, 0.717) is 6.04 Å². The Kier molecular flexibility index (Phi) is 6.90. The Morgan fingerprint density at radius 2 is 1.94 bits per heavy atom. The van der Waals surface area contributed by atoms with E-state index >= 15 is 0 Å². The van der Waals surface area contributed by atoms with Crippen LogP contribution in [0.5, 0.6) is 0 Å². The van der Waals surface area contributed by atoms with E-state index in [2.05, 4.69) is 49.2 Å². The normalized spacial score (nSPS) is 12.9. The van der Waals surface area contributed by atoms with Gasteiger partial charge in [-0.3, -0.25) is 0 Å². The Balaban J connectivity index is 2.19. The summed E-state index contributed by atoms with van der Waals surface area (Å²) in [5, 5.41) is 0. The van der Waals surface area contributed by atoms with E-state index in [-0.39, 0.29) is 0 Å². The molecule has 2 nitrogen and oxygen atoms in total. The van der Waals surface area contributed by atoms with Crippen LogP contribution in [0, 0.1) is 0 Å². The summed E-state index contributed by atoms with van der Waals surface area (Å²) in [4.78, 5) is 2.34. The number of nitrogens with two attached hydrogens (primary N) is 1. The van der Waals surface area contributed by atoms with Gasteiger partial charge >= 0.3 is 0 Å². The van der Waals surface area contributed by atoms with Crippen LogP contribution in [0.15, 0.2) is 30.3 Å². The minimum absolute atomic E-state index is 0.329. The number of benzene rings is 1. The molecular weight excluding hydrogens is 208 g/mol. The molecule has 0 bridgehead atoms. The van der Waals surface area contributed by atoms with Gasteiger partial charge < -0.3 is 10.6 Å². The smallest absolute Gasteiger partial charge is 0.0167 e. The summed E-state index contributed by atoms with van der Waals surface area (Å²) in [5.41, 5.74) is 7.49. The van der Waals surface area contributed by atoms with Crippen LogP contribution in [0.2, 0.25) is 0 Å². The number of hydrogen-bond donors (Lipinski definition) is 1. The predicted molar refractivity (Wildman–Crippen MR) is 75.1 cm³/mol. The molecule has 2 heteroatoms. The zero-order chi connectivity index (χ0) is 12.5. The van der Waals surface area contributed by atoms with Crippen LogP contribution in [0.3, 0.4) is 0 Å². The molecule has 0 saturated heterocycles. The maximum atomic E-state index is 6.09. The van der Waals surface area contributed by atoms with Gasteiger partial charge in [-0.15, -0.1) is 0 Å². The highest BCUT2D eigenvalue weighted by atomic mass is 15.1. The quantitative estimate of drug-likeness (QED) is 0.749. The van der Waals surface area contributed by atoms with Crippen molar-refractivity contribution < 1.29 is 0 Å². The lowest BCUT2D eigenvalue weighted by Crippen LogP contribution is -2.36. The van der Waals surface area contributed by atoms with Crippen molar-refractivity contribution in [2.45, 2.75) is 38.6 Å². The average Bonchev–Trinajstić information content (AvgIpc) is 2.35. The molecule has 0 aliphatic carbocycles. The lowest BCUT2D eigenvalue weighted by molar-refractivity contribution is 0.306. The Labute approximate surface area is 106 Å². The van der Waals surface area contributed by atoms with E-state index < -0.39 is 0 Å². The van der Waals surface area contributed by atoms with Crippen molar-refractivity contribution in [3.63, 3.8) is 0 Å². The Hall–Kier alpha value is -0.860. The fraction of sp³-hybridized carbons (Fsp3) is 0.600. The van der Waals surface area contributed by atoms with E-state index in [1.807, 2.05) is 0 Å². The predicted octanol–water partition coefficient (Wildman–Crippen LogP) is 2.68. The molecule has 1 rings (SSSR count). The molecule has 2 N–H and O–H groups in total. The lowest BCUT2D eigenvalue weighted by Gasteiger charge is -2.21. The first-order valence-electron chi connectivity index (χ1n) is 6.70. The van der Waals surface area contributed by atoms with Crippen molar-refractivity contribution in [2.75, 3.05) is 20.1 Å². The second-order valence-corrected chi connectivity index (χ2v) is 4.90. The van der Waals surface area contributed by atoms with Gasteiger partial charge in [-0.25, -0.2) is 0 Å². The first-order chi connectivity index (χ1) is 8.22. The van der Waals surface area contributed by atoms with E-state index in [1.165, 1.54) is 18.4 Å². The van der Waals surface area contributed by atoms with Gasteiger partial charge in [0.1, 0.15) is 0 Å². The molecule has 0 aliphatic heterocycles. The van der Waals surface area contributed by atoms with Gasteiger partial charge in [-0.1, -0.05) is 50.1 Å². The molecule has 0 heterocycles. The first kappa shape index (κ1) is 14.2. The van der Waals surface area contributed by atoms with Crippen molar-refractivity contribution in [3.05, 3.63) is 35.9 Å². The maximum absolute atomic E-state index is 6.09. The molecule has 17 heavy (non-hydrogen) atoms. The van der Waals surface area contributed by atoms with Gasteiger partial charge in [-0.2, -0.15) is 0 Å². The lowest BCUT2D eigenvalue weighted by atomic mass is 10.1. The Morgan fingerprint density at radius 3 is 2.59 bits per heavy atom. The summed E-state index contributed by atoms with van der Waals surface area (Å²) >= 11 is 0. The number of hydrogen-bond acceptors (Lipinski definition) is 2. The number of unbranched alkanes of at least 4 members (excludes halogenated alkanes) is 1. The molecule has 0 aromatic heterocycles. The fourth-order valence-corrected chi connectivity index (χ4v) is 2.01. The van der Waals surface area contributed by atoms with Gasteiger partial charge in [0, 0.05) is 19.1 Å². The SMILES string of the molecule is CCCCC(N)CN(C)CCc1ccccc1. The summed E-state index contributed by atoms with van der Waals surface area (Å²) < 4.78 is 0. The van der Waals surface area contributed by atoms with Gasteiger partial charge in [0.25, 0.3) is 0 Å². The highest BCUT2D eigenvalue weighted by Crippen LogP contribution is 2.03. The maximum Gasteiger partial charge on any atom is 0.0167 e. The summed E-state index contributed by atoms with van der Waals surface area (Å²) in [6, 6.07) is 11.0. The Bertz CT molecular complexity index is 284. The van der Waals surface area contributed by atoms with Crippen LogP contribution in [0.25, 0.3) is 0 Å². The van der Waals surface area contributed by atoms with Crippen molar-refractivity contribution in [1.29, 1.82) is 0 Å². The highest BCUT2D eigenvalue weighted by molar-refractivity contribution is 5.14. The molecule has 0 amide bonds. The zero-order valence-electron chi connectivity index (χ0n) is 11.2. The molecular formula is C15H26N2. The standard InChI is InChI=1S/C15H26N2/c1-3-4-10-15(16)13-17(2)12-11-14-8-6-5-7-9-14/h5-9,15H,3-4,10-13,16H2,1-2H3. The van der Waals surface area contributed by atoms with Crippen molar-refractivity contribution in [3.8, 4) is 0 Å². The van der Waals surface area contributed by atoms with E-state index in [0.717, 1.165) is 25.9 Å². The third-order valence-electron chi connectivity index (χ3n) is 3.10. The molecule has 1 atom stereocenters. The molecule has 1 aromatic carbocycles. The monoisotopic (exact) mass is 234 g/mol. The first-order valence-corrected chi connectivity index (χ1v) is 6.70. The van der Waals surface area contributed by atoms with Crippen LogP contribution in [0.1, 0.15) is 31.7 Å².